The van der Waals surface area contributed by atoms with Crippen molar-refractivity contribution in [3.8, 4) is 11.3 Å². The minimum absolute atomic E-state index is 0.160. The highest BCUT2D eigenvalue weighted by Gasteiger charge is 2.29. The van der Waals surface area contributed by atoms with Gasteiger partial charge >= 0.3 is 0 Å². The number of nitrogens with two attached hydrogens (primary N) is 2. The molecule has 1 atom stereocenters. The summed E-state index contributed by atoms with van der Waals surface area (Å²) < 4.78 is 0. The van der Waals surface area contributed by atoms with Crippen molar-refractivity contribution in [3.05, 3.63) is 30.5 Å². The second kappa shape index (κ2) is 7.63. The van der Waals surface area contributed by atoms with Crippen LogP contribution in [0.2, 0.25) is 0 Å². The third kappa shape index (κ3) is 3.73. The Bertz CT molecular complexity index is 846. The van der Waals surface area contributed by atoms with Crippen molar-refractivity contribution in [1.82, 2.24) is 14.9 Å². The molecule has 2 aliphatic rings. The molecular formula is C20H27N7O. The van der Waals surface area contributed by atoms with Gasteiger partial charge in [0.1, 0.15) is 0 Å². The molecule has 0 spiro atoms. The molecule has 8 nitrogen and oxygen atoms in total. The zero-order chi connectivity index (χ0) is 19.7. The maximum atomic E-state index is 11.5. The van der Waals surface area contributed by atoms with Crippen molar-refractivity contribution >= 4 is 23.2 Å². The van der Waals surface area contributed by atoms with Crippen LogP contribution in [-0.2, 0) is 4.79 Å². The number of anilines is 3. The normalized spacial score (nSPS) is 20.5. The average molecular weight is 381 g/mol. The number of nitrogen functional groups attached to an aromatic ring is 1. The molecule has 4 N–H and O–H groups in total. The second-order valence-electron chi connectivity index (χ2n) is 7.64. The highest BCUT2D eigenvalue weighted by Crippen LogP contribution is 2.29. The van der Waals surface area contributed by atoms with Crippen molar-refractivity contribution < 1.29 is 4.79 Å². The van der Waals surface area contributed by atoms with E-state index in [0.29, 0.717) is 24.7 Å². The number of primary amides is 1. The molecule has 1 unspecified atom stereocenters. The number of likely N-dealkylation sites (N-methyl/N-ethyl adjacent to an activating group) is 1. The van der Waals surface area contributed by atoms with Crippen molar-refractivity contribution in [2.75, 3.05) is 61.8 Å². The van der Waals surface area contributed by atoms with Gasteiger partial charge in [0.05, 0.1) is 17.8 Å². The number of nitrogens with zero attached hydrogens (tertiary/aromatic N) is 5. The standard InChI is InChI=1S/C20H27N7O/c1-25-8-10-26(11-9-25)16-4-2-14(3-5-16)17-12-23-18(21)20(24-17)27-7-6-15(13-27)19(22)28/h2-5,12,15H,6-11,13H2,1H3,(H2,21,23)(H2,22,28). The third-order valence-electron chi connectivity index (χ3n) is 5.70. The predicted octanol–water partition coefficient (Wildman–Crippen LogP) is 0.789. The molecule has 1 amide bonds. The van der Waals surface area contributed by atoms with Crippen molar-refractivity contribution in [1.29, 1.82) is 0 Å². The molecule has 0 saturated carbocycles. The molecule has 2 aliphatic heterocycles. The molecule has 28 heavy (non-hydrogen) atoms. The van der Waals surface area contributed by atoms with E-state index < -0.39 is 0 Å². The molecule has 2 fully saturated rings. The summed E-state index contributed by atoms with van der Waals surface area (Å²) in [7, 11) is 2.16. The van der Waals surface area contributed by atoms with E-state index in [4.69, 9.17) is 16.5 Å². The van der Waals surface area contributed by atoms with Gasteiger partial charge in [-0.2, -0.15) is 0 Å². The Morgan fingerprint density at radius 1 is 1.07 bits per heavy atom. The van der Waals surface area contributed by atoms with E-state index in [9.17, 15) is 4.79 Å². The van der Waals surface area contributed by atoms with E-state index in [0.717, 1.165) is 43.9 Å². The van der Waals surface area contributed by atoms with Crippen LogP contribution in [0.15, 0.2) is 30.5 Å². The van der Waals surface area contributed by atoms with Gasteiger partial charge in [-0.1, -0.05) is 12.1 Å². The third-order valence-corrected chi connectivity index (χ3v) is 5.70. The molecule has 8 heteroatoms. The molecule has 3 heterocycles. The lowest BCUT2D eigenvalue weighted by molar-refractivity contribution is -0.121. The SMILES string of the molecule is CN1CCN(c2ccc(-c3cnc(N)c(N4CCC(C(N)=O)C4)n3)cc2)CC1. The van der Waals surface area contributed by atoms with Gasteiger partial charge in [-0.25, -0.2) is 9.97 Å². The predicted molar refractivity (Wildman–Crippen MR) is 111 cm³/mol. The molecule has 0 bridgehead atoms. The smallest absolute Gasteiger partial charge is 0.222 e. The van der Waals surface area contributed by atoms with Crippen molar-refractivity contribution in [2.24, 2.45) is 11.7 Å². The number of hydrogen-bond acceptors (Lipinski definition) is 7. The van der Waals surface area contributed by atoms with Crippen LogP contribution in [-0.4, -0.2) is 67.1 Å². The Hall–Kier alpha value is -2.87. The van der Waals surface area contributed by atoms with Gasteiger partial charge in [-0.05, 0) is 25.6 Å². The van der Waals surface area contributed by atoms with Crippen LogP contribution in [0.25, 0.3) is 11.3 Å². The van der Waals surface area contributed by atoms with E-state index in [1.54, 1.807) is 6.20 Å². The monoisotopic (exact) mass is 381 g/mol. The molecular weight excluding hydrogens is 354 g/mol. The Labute approximate surface area is 165 Å². The van der Waals surface area contributed by atoms with Crippen LogP contribution in [0.1, 0.15) is 6.42 Å². The minimum Gasteiger partial charge on any atom is -0.381 e. The highest BCUT2D eigenvalue weighted by atomic mass is 16.1. The van der Waals surface area contributed by atoms with E-state index in [1.165, 1.54) is 5.69 Å². The summed E-state index contributed by atoms with van der Waals surface area (Å²) in [5.41, 5.74) is 14.5. The zero-order valence-corrected chi connectivity index (χ0v) is 16.2. The van der Waals surface area contributed by atoms with E-state index in [2.05, 4.69) is 46.1 Å². The summed E-state index contributed by atoms with van der Waals surface area (Å²) >= 11 is 0. The van der Waals surface area contributed by atoms with Gasteiger partial charge < -0.3 is 26.2 Å². The van der Waals surface area contributed by atoms with Crippen LogP contribution in [0.4, 0.5) is 17.3 Å². The van der Waals surface area contributed by atoms with Gasteiger partial charge in [0, 0.05) is 50.5 Å². The maximum Gasteiger partial charge on any atom is 0.222 e. The molecule has 4 rings (SSSR count). The summed E-state index contributed by atoms with van der Waals surface area (Å²) in [6, 6.07) is 8.43. The Balaban J connectivity index is 1.52. The van der Waals surface area contributed by atoms with Gasteiger partial charge in [0.15, 0.2) is 11.6 Å². The number of rotatable bonds is 4. The number of carbonyl (C=O) groups excluding carboxylic acids is 1. The summed E-state index contributed by atoms with van der Waals surface area (Å²) in [5.74, 6) is 0.574. The lowest BCUT2D eigenvalue weighted by atomic mass is 10.1. The molecule has 1 aromatic carbocycles. The molecule has 2 aromatic rings. The first-order valence-electron chi connectivity index (χ1n) is 9.72. The van der Waals surface area contributed by atoms with Crippen LogP contribution in [0.3, 0.4) is 0 Å². The summed E-state index contributed by atoms with van der Waals surface area (Å²) in [6.45, 7) is 5.49. The summed E-state index contributed by atoms with van der Waals surface area (Å²) in [4.78, 5) is 27.3. The molecule has 148 valence electrons. The molecule has 2 saturated heterocycles. The van der Waals surface area contributed by atoms with Gasteiger partial charge in [-0.15, -0.1) is 0 Å². The van der Waals surface area contributed by atoms with Crippen molar-refractivity contribution in [2.45, 2.75) is 6.42 Å². The quantitative estimate of drug-likeness (QED) is 0.807. The zero-order valence-electron chi connectivity index (χ0n) is 16.2. The Morgan fingerprint density at radius 3 is 2.43 bits per heavy atom. The van der Waals surface area contributed by atoms with Gasteiger partial charge in [0.2, 0.25) is 5.91 Å². The maximum absolute atomic E-state index is 11.5. The number of piperazine rings is 1. The van der Waals surface area contributed by atoms with E-state index >= 15 is 0 Å². The number of carbonyl (C=O) groups is 1. The lowest BCUT2D eigenvalue weighted by Gasteiger charge is -2.34. The average Bonchev–Trinajstić information content (AvgIpc) is 3.20. The van der Waals surface area contributed by atoms with Crippen LogP contribution >= 0.6 is 0 Å². The Morgan fingerprint density at radius 2 is 1.79 bits per heavy atom. The molecule has 1 aromatic heterocycles. The number of aromatic nitrogens is 2. The van der Waals surface area contributed by atoms with Crippen molar-refractivity contribution in [3.63, 3.8) is 0 Å². The van der Waals surface area contributed by atoms with Crippen LogP contribution in [0.5, 0.6) is 0 Å². The number of benzene rings is 1. The van der Waals surface area contributed by atoms with E-state index in [-0.39, 0.29) is 11.8 Å². The largest absolute Gasteiger partial charge is 0.381 e. The first kappa shape index (κ1) is 18.5. The fourth-order valence-electron chi connectivity index (χ4n) is 3.85. The molecule has 0 radical (unpaired) electrons. The van der Waals surface area contributed by atoms with Gasteiger partial charge in [0.25, 0.3) is 0 Å². The van der Waals surface area contributed by atoms with Crippen LogP contribution in [0, 0.1) is 5.92 Å². The highest BCUT2D eigenvalue weighted by molar-refractivity contribution is 5.78. The lowest BCUT2D eigenvalue weighted by Crippen LogP contribution is -2.44. The molecule has 0 aliphatic carbocycles. The van der Waals surface area contributed by atoms with Gasteiger partial charge in [-0.3, -0.25) is 4.79 Å². The van der Waals surface area contributed by atoms with E-state index in [1.807, 2.05) is 4.90 Å². The Kier molecular flexibility index (Phi) is 5.04. The number of amides is 1. The fourth-order valence-corrected chi connectivity index (χ4v) is 3.85. The fraction of sp³-hybridized carbons (Fsp3) is 0.450. The summed E-state index contributed by atoms with van der Waals surface area (Å²) in [6.07, 6.45) is 2.42. The topological polar surface area (TPSA) is 105 Å². The number of hydrogen-bond donors (Lipinski definition) is 2. The van der Waals surface area contributed by atoms with Crippen LogP contribution < -0.4 is 21.3 Å². The first-order valence-corrected chi connectivity index (χ1v) is 9.72. The first-order chi connectivity index (χ1) is 13.5. The minimum atomic E-state index is -0.273. The summed E-state index contributed by atoms with van der Waals surface area (Å²) in [5, 5.41) is 0. The second-order valence-corrected chi connectivity index (χ2v) is 7.64.